The van der Waals surface area contributed by atoms with Crippen molar-refractivity contribution >= 4 is 0 Å². The van der Waals surface area contributed by atoms with Gasteiger partial charge in [-0.2, -0.15) is 0 Å². The molecule has 1 aliphatic carbocycles. The molecule has 0 aromatic rings. The first kappa shape index (κ1) is 5.69. The van der Waals surface area contributed by atoms with Crippen LogP contribution in [0.15, 0.2) is 0 Å². The second kappa shape index (κ2) is 1.96. The third-order valence-electron chi connectivity index (χ3n) is 2.33. The Morgan fingerprint density at radius 1 is 1.33 bits per heavy atom. The predicted octanol–water partition coefficient (Wildman–Crippen LogP) is 0.119. The van der Waals surface area contributed by atoms with E-state index in [1.165, 1.54) is 12.8 Å². The first-order valence-corrected chi connectivity index (χ1v) is 3.78. The van der Waals surface area contributed by atoms with Crippen molar-refractivity contribution in [1.82, 2.24) is 5.32 Å². The Bertz CT molecular complexity index is 111. The van der Waals surface area contributed by atoms with Crippen molar-refractivity contribution in [2.75, 3.05) is 6.54 Å². The molecule has 2 rings (SSSR count). The molecular weight excluding hydrogens is 114 g/mol. The molecule has 1 heterocycles. The molecule has 52 valence electrons. The molecule has 0 radical (unpaired) electrons. The minimum absolute atomic E-state index is 0.0596. The van der Waals surface area contributed by atoms with Crippen molar-refractivity contribution in [3.8, 4) is 0 Å². The minimum atomic E-state index is -0.0596. The van der Waals surface area contributed by atoms with Gasteiger partial charge in [-0.15, -0.1) is 0 Å². The average Bonchev–Trinajstić information content (AvgIpc) is 2.58. The van der Waals surface area contributed by atoms with Gasteiger partial charge in [0.25, 0.3) is 0 Å². The summed E-state index contributed by atoms with van der Waals surface area (Å²) in [6.45, 7) is 0.821. The van der Waals surface area contributed by atoms with Crippen molar-refractivity contribution in [1.29, 1.82) is 0 Å². The van der Waals surface area contributed by atoms with E-state index in [0.29, 0.717) is 6.04 Å². The quantitative estimate of drug-likeness (QED) is 0.524. The van der Waals surface area contributed by atoms with Gasteiger partial charge in [-0.25, -0.2) is 0 Å². The first-order valence-electron chi connectivity index (χ1n) is 3.78. The zero-order valence-corrected chi connectivity index (χ0v) is 5.51. The van der Waals surface area contributed by atoms with Crippen LogP contribution in [-0.2, 0) is 0 Å². The van der Waals surface area contributed by atoms with Gasteiger partial charge in [-0.1, -0.05) is 0 Å². The van der Waals surface area contributed by atoms with Crippen molar-refractivity contribution in [3.63, 3.8) is 0 Å². The molecular formula is C7H13NO. The number of aliphatic hydroxyl groups excluding tert-OH is 1. The fourth-order valence-corrected chi connectivity index (χ4v) is 1.60. The van der Waals surface area contributed by atoms with Crippen molar-refractivity contribution in [2.45, 2.75) is 31.4 Å². The van der Waals surface area contributed by atoms with Crippen LogP contribution >= 0.6 is 0 Å². The topological polar surface area (TPSA) is 32.3 Å². The highest BCUT2D eigenvalue weighted by molar-refractivity contribution is 4.92. The normalized spacial score (nSPS) is 43.7. The van der Waals surface area contributed by atoms with Crippen LogP contribution < -0.4 is 5.32 Å². The summed E-state index contributed by atoms with van der Waals surface area (Å²) in [5.74, 6) is 0.905. The molecule has 2 fully saturated rings. The monoisotopic (exact) mass is 127 g/mol. The Kier molecular flexibility index (Phi) is 1.24. The summed E-state index contributed by atoms with van der Waals surface area (Å²) < 4.78 is 0. The summed E-state index contributed by atoms with van der Waals surface area (Å²) in [4.78, 5) is 0. The molecule has 2 aliphatic rings. The van der Waals surface area contributed by atoms with Crippen molar-refractivity contribution in [3.05, 3.63) is 0 Å². The Morgan fingerprint density at radius 2 is 2.11 bits per heavy atom. The minimum Gasteiger partial charge on any atom is -0.392 e. The zero-order chi connectivity index (χ0) is 6.27. The van der Waals surface area contributed by atoms with Gasteiger partial charge in [-0.05, 0) is 25.2 Å². The van der Waals surface area contributed by atoms with Crippen LogP contribution in [0.1, 0.15) is 19.3 Å². The average molecular weight is 127 g/mol. The van der Waals surface area contributed by atoms with Crippen LogP contribution in [0.3, 0.4) is 0 Å². The highest BCUT2D eigenvalue weighted by Crippen LogP contribution is 2.35. The van der Waals surface area contributed by atoms with Gasteiger partial charge in [0.05, 0.1) is 6.10 Å². The van der Waals surface area contributed by atoms with E-state index in [1.54, 1.807) is 0 Å². The third-order valence-corrected chi connectivity index (χ3v) is 2.33. The summed E-state index contributed by atoms with van der Waals surface area (Å²) in [6, 6.07) is 0.653. The molecule has 1 saturated carbocycles. The first-order chi connectivity index (χ1) is 4.36. The fourth-order valence-electron chi connectivity index (χ4n) is 1.60. The van der Waals surface area contributed by atoms with Crippen molar-refractivity contribution in [2.24, 2.45) is 5.92 Å². The molecule has 0 aromatic heterocycles. The van der Waals surface area contributed by atoms with E-state index in [2.05, 4.69) is 5.32 Å². The number of nitrogens with one attached hydrogen (secondary N) is 1. The Hall–Kier alpha value is -0.0800. The Morgan fingerprint density at radius 3 is 2.56 bits per heavy atom. The van der Waals surface area contributed by atoms with E-state index in [1.807, 2.05) is 0 Å². The van der Waals surface area contributed by atoms with Gasteiger partial charge in [-0.3, -0.25) is 0 Å². The van der Waals surface area contributed by atoms with Gasteiger partial charge in [0.1, 0.15) is 0 Å². The van der Waals surface area contributed by atoms with Gasteiger partial charge >= 0.3 is 0 Å². The van der Waals surface area contributed by atoms with E-state index in [-0.39, 0.29) is 6.10 Å². The van der Waals surface area contributed by atoms with E-state index >= 15 is 0 Å². The molecule has 2 N–H and O–H groups in total. The van der Waals surface area contributed by atoms with E-state index in [0.717, 1.165) is 18.9 Å². The zero-order valence-electron chi connectivity index (χ0n) is 5.51. The fraction of sp³-hybridized carbons (Fsp3) is 1.00. The largest absolute Gasteiger partial charge is 0.392 e. The molecule has 1 aliphatic heterocycles. The number of hydrogen-bond donors (Lipinski definition) is 2. The summed E-state index contributed by atoms with van der Waals surface area (Å²) in [5.41, 5.74) is 0. The van der Waals surface area contributed by atoms with Crippen LogP contribution in [0.4, 0.5) is 0 Å². The number of aliphatic hydroxyl groups is 1. The van der Waals surface area contributed by atoms with E-state index in [9.17, 15) is 0 Å². The van der Waals surface area contributed by atoms with E-state index < -0.39 is 0 Å². The lowest BCUT2D eigenvalue weighted by molar-refractivity contribution is 0.192. The van der Waals surface area contributed by atoms with Crippen LogP contribution in [-0.4, -0.2) is 23.8 Å². The molecule has 2 atom stereocenters. The SMILES string of the molecule is O[C@H]1CN[C@H](C2CC2)C1. The van der Waals surface area contributed by atoms with Gasteiger partial charge in [0.15, 0.2) is 0 Å². The summed E-state index contributed by atoms with van der Waals surface area (Å²) in [7, 11) is 0. The molecule has 2 heteroatoms. The lowest BCUT2D eigenvalue weighted by Gasteiger charge is -2.05. The number of rotatable bonds is 1. The third kappa shape index (κ3) is 1.10. The molecule has 9 heavy (non-hydrogen) atoms. The lowest BCUT2D eigenvalue weighted by Crippen LogP contribution is -2.23. The maximum Gasteiger partial charge on any atom is 0.0679 e. The smallest absolute Gasteiger partial charge is 0.0679 e. The molecule has 2 nitrogen and oxygen atoms in total. The van der Waals surface area contributed by atoms with Gasteiger partial charge in [0.2, 0.25) is 0 Å². The summed E-state index contributed by atoms with van der Waals surface area (Å²) in [6.07, 6.45) is 3.69. The van der Waals surface area contributed by atoms with E-state index in [4.69, 9.17) is 5.11 Å². The number of hydrogen-bond acceptors (Lipinski definition) is 2. The predicted molar refractivity (Wildman–Crippen MR) is 35.1 cm³/mol. The molecule has 1 saturated heterocycles. The lowest BCUT2D eigenvalue weighted by atomic mass is 10.1. The standard InChI is InChI=1S/C7H13NO/c9-6-3-7(8-4-6)5-1-2-5/h5-9H,1-4H2/t6-,7+/m1/s1. The molecule has 0 amide bonds. The number of β-amino-alcohol motifs (C(OH)–C–C–N with tert-alkyl or cyclic N) is 1. The van der Waals surface area contributed by atoms with Crippen LogP contribution in [0.5, 0.6) is 0 Å². The van der Waals surface area contributed by atoms with Crippen LogP contribution in [0.2, 0.25) is 0 Å². The molecule has 0 bridgehead atoms. The van der Waals surface area contributed by atoms with Gasteiger partial charge in [0, 0.05) is 12.6 Å². The van der Waals surface area contributed by atoms with Crippen LogP contribution in [0.25, 0.3) is 0 Å². The highest BCUT2D eigenvalue weighted by atomic mass is 16.3. The Labute approximate surface area is 55.3 Å². The van der Waals surface area contributed by atoms with Gasteiger partial charge < -0.3 is 10.4 Å². The Balaban J connectivity index is 1.86. The molecule has 0 unspecified atom stereocenters. The van der Waals surface area contributed by atoms with Crippen molar-refractivity contribution < 1.29 is 5.11 Å². The van der Waals surface area contributed by atoms with Crippen LogP contribution in [0, 0.1) is 5.92 Å². The maximum atomic E-state index is 9.11. The molecule has 0 aromatic carbocycles. The molecule has 0 spiro atoms. The second-order valence-electron chi connectivity index (χ2n) is 3.24. The highest BCUT2D eigenvalue weighted by Gasteiger charge is 2.35. The maximum absolute atomic E-state index is 9.11. The second-order valence-corrected chi connectivity index (χ2v) is 3.24. The summed E-state index contributed by atoms with van der Waals surface area (Å²) in [5, 5.41) is 12.4. The summed E-state index contributed by atoms with van der Waals surface area (Å²) >= 11 is 0.